The molecule has 94 valence electrons. The quantitative estimate of drug-likeness (QED) is 0.867. The Bertz CT molecular complexity index is 489. The first kappa shape index (κ1) is 11.2. The molecule has 5 nitrogen and oxygen atoms in total. The van der Waals surface area contributed by atoms with E-state index in [0.29, 0.717) is 5.82 Å². The Kier molecular flexibility index (Phi) is 2.76. The summed E-state index contributed by atoms with van der Waals surface area (Å²) in [5.41, 5.74) is 7.15. The SMILES string of the molecule is NC1(c2ncon2)CCN(c2ccccc2)CC1. The van der Waals surface area contributed by atoms with E-state index in [2.05, 4.69) is 39.3 Å². The predicted octanol–water partition coefficient (Wildman–Crippen LogP) is 1.52. The Hall–Kier alpha value is -1.88. The molecule has 1 aliphatic heterocycles. The number of piperidine rings is 1. The van der Waals surface area contributed by atoms with Gasteiger partial charge >= 0.3 is 0 Å². The third-order valence-corrected chi connectivity index (χ3v) is 3.58. The van der Waals surface area contributed by atoms with Crippen molar-refractivity contribution in [1.29, 1.82) is 0 Å². The van der Waals surface area contributed by atoms with E-state index >= 15 is 0 Å². The van der Waals surface area contributed by atoms with Crippen molar-refractivity contribution in [2.45, 2.75) is 18.4 Å². The summed E-state index contributed by atoms with van der Waals surface area (Å²) in [5, 5.41) is 3.88. The molecular formula is C13H16N4O. The highest BCUT2D eigenvalue weighted by Gasteiger charge is 2.36. The van der Waals surface area contributed by atoms with Crippen LogP contribution in [-0.2, 0) is 5.54 Å². The maximum atomic E-state index is 6.35. The summed E-state index contributed by atoms with van der Waals surface area (Å²) in [6.07, 6.45) is 3.01. The van der Waals surface area contributed by atoms with Crippen molar-refractivity contribution in [1.82, 2.24) is 10.1 Å². The molecule has 0 unspecified atom stereocenters. The second-order valence-corrected chi connectivity index (χ2v) is 4.73. The summed E-state index contributed by atoms with van der Waals surface area (Å²) in [5.74, 6) is 0.621. The van der Waals surface area contributed by atoms with E-state index in [1.807, 2.05) is 6.07 Å². The molecule has 0 bridgehead atoms. The fraction of sp³-hybridized carbons (Fsp3) is 0.385. The van der Waals surface area contributed by atoms with Crippen LogP contribution in [-0.4, -0.2) is 23.2 Å². The Morgan fingerprint density at radius 3 is 2.50 bits per heavy atom. The molecule has 0 atom stereocenters. The number of benzene rings is 1. The van der Waals surface area contributed by atoms with E-state index < -0.39 is 5.54 Å². The lowest BCUT2D eigenvalue weighted by Gasteiger charge is -2.38. The second kappa shape index (κ2) is 4.42. The van der Waals surface area contributed by atoms with Gasteiger partial charge in [0, 0.05) is 18.8 Å². The maximum absolute atomic E-state index is 6.35. The first-order chi connectivity index (χ1) is 8.78. The van der Waals surface area contributed by atoms with Crippen molar-refractivity contribution in [2.75, 3.05) is 18.0 Å². The standard InChI is InChI=1S/C13H16N4O/c14-13(12-15-10-18-16-12)6-8-17(9-7-13)11-4-2-1-3-5-11/h1-5,10H,6-9,14H2. The minimum absolute atomic E-state index is 0.446. The number of nitrogens with two attached hydrogens (primary N) is 1. The molecule has 0 saturated carbocycles. The molecule has 1 saturated heterocycles. The second-order valence-electron chi connectivity index (χ2n) is 4.73. The van der Waals surface area contributed by atoms with Crippen LogP contribution in [0, 0.1) is 0 Å². The topological polar surface area (TPSA) is 68.2 Å². The number of rotatable bonds is 2. The zero-order valence-corrected chi connectivity index (χ0v) is 10.1. The number of aromatic nitrogens is 2. The van der Waals surface area contributed by atoms with Crippen molar-refractivity contribution in [2.24, 2.45) is 5.73 Å². The predicted molar refractivity (Wildman–Crippen MR) is 68.1 cm³/mol. The normalized spacial score (nSPS) is 18.8. The summed E-state index contributed by atoms with van der Waals surface area (Å²) in [7, 11) is 0. The van der Waals surface area contributed by atoms with Gasteiger partial charge in [0.15, 0.2) is 5.82 Å². The van der Waals surface area contributed by atoms with E-state index in [1.54, 1.807) is 0 Å². The van der Waals surface area contributed by atoms with E-state index in [1.165, 1.54) is 12.1 Å². The van der Waals surface area contributed by atoms with Gasteiger partial charge in [-0.2, -0.15) is 4.98 Å². The average molecular weight is 244 g/mol. The Balaban J connectivity index is 1.72. The zero-order valence-electron chi connectivity index (χ0n) is 10.1. The van der Waals surface area contributed by atoms with Gasteiger partial charge in [-0.25, -0.2) is 0 Å². The molecule has 2 heterocycles. The van der Waals surface area contributed by atoms with Crippen LogP contribution in [0.15, 0.2) is 41.2 Å². The molecule has 1 aromatic heterocycles. The largest absolute Gasteiger partial charge is 0.371 e. The molecule has 2 aromatic rings. The minimum atomic E-state index is -0.446. The van der Waals surface area contributed by atoms with Crippen molar-refractivity contribution in [3.05, 3.63) is 42.5 Å². The van der Waals surface area contributed by atoms with Crippen LogP contribution < -0.4 is 10.6 Å². The summed E-state index contributed by atoms with van der Waals surface area (Å²) >= 11 is 0. The molecule has 1 aromatic carbocycles. The third kappa shape index (κ3) is 1.97. The van der Waals surface area contributed by atoms with Gasteiger partial charge in [0.1, 0.15) is 0 Å². The zero-order chi connectivity index (χ0) is 12.4. The number of para-hydroxylation sites is 1. The van der Waals surface area contributed by atoms with Gasteiger partial charge in [-0.15, -0.1) is 0 Å². The molecule has 0 radical (unpaired) electrons. The molecule has 5 heteroatoms. The number of hydrogen-bond acceptors (Lipinski definition) is 5. The van der Waals surface area contributed by atoms with Crippen molar-refractivity contribution in [3.63, 3.8) is 0 Å². The fourth-order valence-electron chi connectivity index (χ4n) is 2.42. The molecular weight excluding hydrogens is 228 g/mol. The van der Waals surface area contributed by atoms with E-state index in [0.717, 1.165) is 25.9 Å². The van der Waals surface area contributed by atoms with Crippen LogP contribution >= 0.6 is 0 Å². The molecule has 0 aliphatic carbocycles. The lowest BCUT2D eigenvalue weighted by atomic mass is 9.87. The van der Waals surface area contributed by atoms with Gasteiger partial charge in [-0.1, -0.05) is 23.4 Å². The molecule has 0 spiro atoms. The summed E-state index contributed by atoms with van der Waals surface area (Å²) in [6.45, 7) is 1.82. The van der Waals surface area contributed by atoms with Crippen molar-refractivity contribution < 1.29 is 4.52 Å². The molecule has 18 heavy (non-hydrogen) atoms. The van der Waals surface area contributed by atoms with Gasteiger partial charge < -0.3 is 15.2 Å². The van der Waals surface area contributed by atoms with Gasteiger partial charge in [-0.05, 0) is 25.0 Å². The van der Waals surface area contributed by atoms with Crippen LogP contribution in [0.4, 0.5) is 5.69 Å². The summed E-state index contributed by atoms with van der Waals surface area (Å²) in [6, 6.07) is 10.4. The fourth-order valence-corrected chi connectivity index (χ4v) is 2.42. The lowest BCUT2D eigenvalue weighted by molar-refractivity contribution is 0.305. The summed E-state index contributed by atoms with van der Waals surface area (Å²) < 4.78 is 4.79. The van der Waals surface area contributed by atoms with Gasteiger partial charge in [0.2, 0.25) is 6.39 Å². The molecule has 3 rings (SSSR count). The van der Waals surface area contributed by atoms with Gasteiger partial charge in [0.05, 0.1) is 5.54 Å². The van der Waals surface area contributed by atoms with Crippen molar-refractivity contribution in [3.8, 4) is 0 Å². The number of hydrogen-bond donors (Lipinski definition) is 1. The monoisotopic (exact) mass is 244 g/mol. The van der Waals surface area contributed by atoms with Crippen LogP contribution in [0.25, 0.3) is 0 Å². The van der Waals surface area contributed by atoms with E-state index in [4.69, 9.17) is 10.3 Å². The van der Waals surface area contributed by atoms with Gasteiger partial charge in [0.25, 0.3) is 0 Å². The van der Waals surface area contributed by atoms with Crippen molar-refractivity contribution >= 4 is 5.69 Å². The molecule has 1 aliphatic rings. The number of anilines is 1. The Morgan fingerprint density at radius 1 is 1.17 bits per heavy atom. The highest BCUT2D eigenvalue weighted by atomic mass is 16.5. The lowest BCUT2D eigenvalue weighted by Crippen LogP contribution is -2.48. The van der Waals surface area contributed by atoms with E-state index in [-0.39, 0.29) is 0 Å². The molecule has 0 amide bonds. The maximum Gasteiger partial charge on any atom is 0.213 e. The van der Waals surface area contributed by atoms with Crippen LogP contribution in [0.1, 0.15) is 18.7 Å². The Labute approximate surface area is 106 Å². The Morgan fingerprint density at radius 2 is 1.89 bits per heavy atom. The smallest absolute Gasteiger partial charge is 0.213 e. The number of nitrogens with zero attached hydrogens (tertiary/aromatic N) is 3. The molecule has 1 fully saturated rings. The van der Waals surface area contributed by atoms with Crippen LogP contribution in [0.2, 0.25) is 0 Å². The first-order valence-corrected chi connectivity index (χ1v) is 6.14. The average Bonchev–Trinajstić information content (AvgIpc) is 2.95. The van der Waals surface area contributed by atoms with Gasteiger partial charge in [-0.3, -0.25) is 0 Å². The summed E-state index contributed by atoms with van der Waals surface area (Å²) in [4.78, 5) is 6.43. The third-order valence-electron chi connectivity index (χ3n) is 3.58. The van der Waals surface area contributed by atoms with E-state index in [9.17, 15) is 0 Å². The highest BCUT2D eigenvalue weighted by molar-refractivity contribution is 5.46. The molecule has 2 N–H and O–H groups in total. The van der Waals surface area contributed by atoms with Crippen LogP contribution in [0.3, 0.4) is 0 Å². The first-order valence-electron chi connectivity index (χ1n) is 6.14. The van der Waals surface area contributed by atoms with Crippen LogP contribution in [0.5, 0.6) is 0 Å². The highest BCUT2D eigenvalue weighted by Crippen LogP contribution is 2.30. The minimum Gasteiger partial charge on any atom is -0.371 e.